The molecule has 4 aliphatic rings. The van der Waals surface area contributed by atoms with Gasteiger partial charge in [-0.25, -0.2) is 0 Å². The molecule has 1 atom stereocenters. The Morgan fingerprint density at radius 3 is 3.06 bits per heavy atom. The summed E-state index contributed by atoms with van der Waals surface area (Å²) in [7, 11) is 0. The number of ether oxygens (including phenoxy) is 1. The van der Waals surface area contributed by atoms with Crippen molar-refractivity contribution in [2.45, 2.75) is 38.3 Å². The van der Waals surface area contributed by atoms with Crippen molar-refractivity contribution in [2.24, 2.45) is 14.1 Å². The summed E-state index contributed by atoms with van der Waals surface area (Å²) in [6, 6.07) is 4.78. The molecule has 1 aromatic heterocycles. The molecule has 1 N–H and O–H groups in total. The number of rotatable bonds is 4. The Kier molecular flexibility index (Phi) is 7.74. The van der Waals surface area contributed by atoms with Crippen molar-refractivity contribution in [3.05, 3.63) is 50.0 Å². The van der Waals surface area contributed by atoms with Crippen LogP contribution < -0.4 is 22.8 Å². The maximum atomic E-state index is 5.60. The molecule has 31 heavy (non-hydrogen) atoms. The Bertz CT molecular complexity index is 914. The van der Waals surface area contributed by atoms with E-state index in [0.717, 1.165) is 24.2 Å². The van der Waals surface area contributed by atoms with Crippen molar-refractivity contribution in [3.63, 3.8) is 0 Å². The predicted octanol–water partition coefficient (Wildman–Crippen LogP) is 1.43. The second-order valence-electron chi connectivity index (χ2n) is 8.09. The van der Waals surface area contributed by atoms with Gasteiger partial charge in [-0.1, -0.05) is 0 Å². The van der Waals surface area contributed by atoms with Crippen molar-refractivity contribution in [1.29, 1.82) is 0 Å². The van der Waals surface area contributed by atoms with E-state index in [1.54, 1.807) is 0 Å². The molecule has 9 heteroatoms. The van der Waals surface area contributed by atoms with Crippen LogP contribution >= 0.6 is 31.8 Å². The van der Waals surface area contributed by atoms with Crippen LogP contribution in [0.4, 0.5) is 0 Å². The fraction of sp³-hybridized carbons (Fsp3) is 0.500. The topological polar surface area (TPSA) is 62.1 Å². The first kappa shape index (κ1) is 22.4. The van der Waals surface area contributed by atoms with Crippen LogP contribution in [0.2, 0.25) is 0 Å². The number of likely N-dealkylation sites (tertiary alicyclic amines) is 1. The molecule has 1 unspecified atom stereocenters. The minimum atomic E-state index is -1.54. The van der Waals surface area contributed by atoms with Gasteiger partial charge in [0.2, 0.25) is 0 Å². The van der Waals surface area contributed by atoms with Gasteiger partial charge in [-0.3, -0.25) is 0 Å². The fourth-order valence-electron chi connectivity index (χ4n) is 4.45. The van der Waals surface area contributed by atoms with E-state index in [1.807, 2.05) is 24.7 Å². The molecule has 0 spiro atoms. The van der Waals surface area contributed by atoms with Gasteiger partial charge in [0.1, 0.15) is 0 Å². The molecule has 5 rings (SSSR count). The van der Waals surface area contributed by atoms with E-state index in [2.05, 4.69) is 43.3 Å². The first-order valence-corrected chi connectivity index (χ1v) is 21.0. The van der Waals surface area contributed by atoms with E-state index >= 15 is 0 Å². The van der Waals surface area contributed by atoms with Gasteiger partial charge in [-0.2, -0.15) is 0 Å². The third-order valence-corrected chi connectivity index (χ3v) is 21.1. The molecular formula is C22H27BrI2N5O-. The Morgan fingerprint density at radius 2 is 2.23 bits per heavy atom. The van der Waals surface area contributed by atoms with Crippen LogP contribution in [0.5, 0.6) is 0 Å². The van der Waals surface area contributed by atoms with Gasteiger partial charge >= 0.3 is 208 Å². The Labute approximate surface area is 206 Å². The van der Waals surface area contributed by atoms with Crippen LogP contribution in [0.15, 0.2) is 52.7 Å². The van der Waals surface area contributed by atoms with Gasteiger partial charge in [-0.05, 0) is 0 Å². The summed E-state index contributed by atoms with van der Waals surface area (Å²) >= 11 is 2.06. The zero-order chi connectivity index (χ0) is 21.0. The Hall–Kier alpha value is -0.370. The number of aliphatic imine (C=N–C) groups is 1. The number of pyridine rings is 1. The monoisotopic (exact) mass is 710 g/mol. The van der Waals surface area contributed by atoms with Crippen molar-refractivity contribution < 1.29 is 22.2 Å². The molecule has 1 aromatic rings. The van der Waals surface area contributed by atoms with E-state index in [4.69, 9.17) is 12.9 Å². The molecule has 5 heterocycles. The molecule has 0 aromatic carbocycles. The molecule has 2 fully saturated rings. The van der Waals surface area contributed by atoms with Crippen molar-refractivity contribution in [3.8, 4) is 0 Å². The summed E-state index contributed by atoms with van der Waals surface area (Å²) < 4.78 is 14.2. The number of allylic oxidation sites excluding steroid dienone is 2. The molecule has 0 amide bonds. The number of nitrogens with one attached hydrogen (secondary N) is 1. The number of fused-ring (bicyclic) bond motifs is 1. The molecule has 0 saturated carbocycles. The van der Waals surface area contributed by atoms with Gasteiger partial charge in [0.15, 0.2) is 0 Å². The van der Waals surface area contributed by atoms with Gasteiger partial charge in [0.25, 0.3) is 0 Å². The van der Waals surface area contributed by atoms with Crippen LogP contribution in [0, 0.1) is 5.92 Å². The van der Waals surface area contributed by atoms with Crippen molar-refractivity contribution in [1.82, 2.24) is 15.2 Å². The van der Waals surface area contributed by atoms with Crippen molar-refractivity contribution >= 4 is 41.7 Å². The van der Waals surface area contributed by atoms with Crippen molar-refractivity contribution in [2.75, 3.05) is 26.3 Å². The zero-order valence-corrected chi connectivity index (χ0v) is 23.2. The Balaban J connectivity index is 1.39. The predicted molar refractivity (Wildman–Crippen MR) is 133 cm³/mol. The second kappa shape index (κ2) is 10.7. The minimum absolute atomic E-state index is 0.194. The number of hydrogen-bond acceptors (Lipinski definition) is 6. The number of hydrogen-bond donors (Lipinski definition) is 1. The van der Waals surface area contributed by atoms with Crippen LogP contribution in [0.1, 0.15) is 31.2 Å². The summed E-state index contributed by atoms with van der Waals surface area (Å²) in [5.41, 5.74) is 2.53. The summed E-state index contributed by atoms with van der Waals surface area (Å²) in [5.74, 6) is 0.545. The molecule has 6 nitrogen and oxygen atoms in total. The summed E-state index contributed by atoms with van der Waals surface area (Å²) in [6.45, 7) is 4.89. The fourth-order valence-corrected chi connectivity index (χ4v) is 20.1. The third kappa shape index (κ3) is 5.42. The molecule has 0 bridgehead atoms. The van der Waals surface area contributed by atoms with Gasteiger partial charge in [-0.15, -0.1) is 0 Å². The van der Waals surface area contributed by atoms with Gasteiger partial charge in [0.05, 0.1) is 0 Å². The molecule has 0 radical (unpaired) electrons. The van der Waals surface area contributed by atoms with E-state index < -0.39 is 15.8 Å². The number of aromatic nitrogens is 1. The molecule has 2 saturated heterocycles. The second-order valence-corrected chi connectivity index (χ2v) is 21.3. The first-order chi connectivity index (χ1) is 15.3. The average molecular weight is 711 g/mol. The maximum absolute atomic E-state index is 5.60. The molecule has 4 aliphatic heterocycles. The average Bonchev–Trinajstić information content (AvgIpc) is 2.84. The van der Waals surface area contributed by atoms with E-state index in [-0.39, 0.29) is 17.5 Å². The standard InChI is InChI=1S/C22H27BrI2N5O/c23-19-14-28-24-25-21(27-13-16-3-1-7-26-12-16)11-20(29-22(19)25)17-4-2-8-30(15-17)18-5-9-31-10-6-18/h1,3,7,11-12,14,17-18,29H,2,4-6,8-10,13,15H2/q-1. The van der Waals surface area contributed by atoms with Crippen LogP contribution in [-0.2, 0) is 11.3 Å². The summed E-state index contributed by atoms with van der Waals surface area (Å²) in [6.07, 6.45) is 13.0. The van der Waals surface area contributed by atoms with E-state index in [1.165, 1.54) is 50.9 Å². The van der Waals surface area contributed by atoms with Crippen LogP contribution in [0.25, 0.3) is 0 Å². The molecule has 168 valence electrons. The summed E-state index contributed by atoms with van der Waals surface area (Å²) in [4.78, 5) is 12.1. The normalized spacial score (nSPS) is 28.0. The molecule has 0 aliphatic carbocycles. The first-order valence-electron chi connectivity index (χ1n) is 10.8. The SMILES string of the molecule is BrC1=C2NC(C3CCCN(C4CCOCC4)C3)=CC(=NCc3cccnc3)I2[I-]N=C1. The molecular weight excluding hydrogens is 684 g/mol. The number of piperidine rings is 1. The summed E-state index contributed by atoms with van der Waals surface area (Å²) in [5, 5.41) is 3.88. The number of halogens is 3. The third-order valence-electron chi connectivity index (χ3n) is 6.07. The van der Waals surface area contributed by atoms with E-state index in [9.17, 15) is 0 Å². The van der Waals surface area contributed by atoms with Gasteiger partial charge < -0.3 is 0 Å². The quantitative estimate of drug-likeness (QED) is 0.380. The van der Waals surface area contributed by atoms with Crippen LogP contribution in [-0.4, -0.2) is 52.2 Å². The van der Waals surface area contributed by atoms with Crippen LogP contribution in [0.3, 0.4) is 0 Å². The zero-order valence-electron chi connectivity index (χ0n) is 17.3. The van der Waals surface area contributed by atoms with E-state index in [0.29, 0.717) is 18.5 Å². The number of nitrogens with zero attached hydrogens (tertiary/aromatic N) is 4. The Morgan fingerprint density at radius 1 is 1.32 bits per heavy atom. The van der Waals surface area contributed by atoms with Gasteiger partial charge in [0, 0.05) is 0 Å².